The highest BCUT2D eigenvalue weighted by Gasteiger charge is 2.22. The molecule has 0 saturated heterocycles. The third-order valence-corrected chi connectivity index (χ3v) is 1.45. The van der Waals surface area contributed by atoms with E-state index in [9.17, 15) is 22.4 Å². The van der Waals surface area contributed by atoms with Gasteiger partial charge < -0.3 is 0 Å². The second kappa shape index (κ2) is 3.46. The Kier molecular flexibility index (Phi) is 2.51. The first-order valence-electron chi connectivity index (χ1n) is 3.26. The second-order valence-electron chi connectivity index (χ2n) is 2.29. The van der Waals surface area contributed by atoms with Crippen molar-refractivity contribution >= 4 is 5.78 Å². The summed E-state index contributed by atoms with van der Waals surface area (Å²) in [6.45, 7) is 0. The van der Waals surface area contributed by atoms with E-state index in [1.54, 1.807) is 0 Å². The van der Waals surface area contributed by atoms with Crippen molar-refractivity contribution in [2.24, 2.45) is 0 Å². The molecule has 0 bridgehead atoms. The Hall–Kier alpha value is -1.90. The summed E-state index contributed by atoms with van der Waals surface area (Å²) < 4.78 is 50.1. The number of hydrogen-bond donors (Lipinski definition) is 0. The van der Waals surface area contributed by atoms with Crippen molar-refractivity contribution in [1.82, 2.24) is 0 Å². The number of carbonyl (C=O) groups excluding carboxylic acids is 1. The molecule has 0 spiro atoms. The van der Waals surface area contributed by atoms with E-state index in [2.05, 4.69) is 0 Å². The number of ketones is 1. The molecule has 0 amide bonds. The number of nitrogens with zero attached hydrogens (tertiary/aromatic N) is 1. The minimum atomic E-state index is -2.11. The fourth-order valence-corrected chi connectivity index (χ4v) is 0.798. The molecular formula is C8HF4NO. The van der Waals surface area contributed by atoms with Crippen molar-refractivity contribution in [2.75, 3.05) is 0 Å². The Morgan fingerprint density at radius 3 is 2.21 bits per heavy atom. The molecule has 2 nitrogen and oxygen atoms in total. The van der Waals surface area contributed by atoms with Crippen LogP contribution in [0.5, 0.6) is 0 Å². The summed E-state index contributed by atoms with van der Waals surface area (Å²) in [5.41, 5.74) is -1.12. The number of halogens is 4. The lowest BCUT2D eigenvalue weighted by Gasteiger charge is -2.00. The minimum absolute atomic E-state index is 0.138. The maximum absolute atomic E-state index is 12.7. The molecule has 0 aliphatic carbocycles. The quantitative estimate of drug-likeness (QED) is 0.230. The van der Waals surface area contributed by atoms with Crippen molar-refractivity contribution in [3.05, 3.63) is 34.9 Å². The van der Waals surface area contributed by atoms with Crippen LogP contribution in [0.25, 0.3) is 0 Å². The van der Waals surface area contributed by atoms with Crippen molar-refractivity contribution in [1.29, 1.82) is 5.26 Å². The predicted molar refractivity (Wildman–Crippen MR) is 36.2 cm³/mol. The fraction of sp³-hybridized carbons (Fsp3) is 0. The molecule has 0 heterocycles. The number of Topliss-reactive ketones (excluding diaryl/α,β-unsaturated/α-hetero) is 1. The topological polar surface area (TPSA) is 40.9 Å². The maximum atomic E-state index is 12.7. The third-order valence-electron chi connectivity index (χ3n) is 1.45. The first-order valence-corrected chi connectivity index (χ1v) is 3.26. The van der Waals surface area contributed by atoms with E-state index in [1.165, 1.54) is 0 Å². The van der Waals surface area contributed by atoms with E-state index >= 15 is 0 Å². The number of hydrogen-bond acceptors (Lipinski definition) is 2. The Bertz CT molecular complexity index is 450. The lowest BCUT2D eigenvalue weighted by molar-refractivity contribution is 0.104. The first-order chi connectivity index (χ1) is 6.49. The van der Waals surface area contributed by atoms with Gasteiger partial charge >= 0.3 is 0 Å². The van der Waals surface area contributed by atoms with Gasteiger partial charge in [-0.1, -0.05) is 0 Å². The van der Waals surface area contributed by atoms with Crippen LogP contribution >= 0.6 is 0 Å². The van der Waals surface area contributed by atoms with E-state index in [1.807, 2.05) is 0 Å². The van der Waals surface area contributed by atoms with Crippen molar-refractivity contribution in [2.45, 2.75) is 0 Å². The van der Waals surface area contributed by atoms with Gasteiger partial charge in [0, 0.05) is 0 Å². The molecule has 0 fully saturated rings. The molecule has 0 saturated carbocycles. The average Bonchev–Trinajstić information content (AvgIpc) is 2.19. The van der Waals surface area contributed by atoms with Crippen molar-refractivity contribution < 1.29 is 22.4 Å². The molecule has 1 aromatic carbocycles. The summed E-state index contributed by atoms with van der Waals surface area (Å²) in [7, 11) is 0. The van der Waals surface area contributed by atoms with E-state index in [0.717, 1.165) is 6.07 Å². The lowest BCUT2D eigenvalue weighted by Crippen LogP contribution is -2.06. The predicted octanol–water partition coefficient (Wildman–Crippen LogP) is 1.95. The Morgan fingerprint density at radius 2 is 1.71 bits per heavy atom. The molecular weight excluding hydrogens is 202 g/mol. The van der Waals surface area contributed by atoms with Crippen LogP contribution in [0.1, 0.15) is 10.4 Å². The Morgan fingerprint density at radius 1 is 1.14 bits per heavy atom. The summed E-state index contributed by atoms with van der Waals surface area (Å²) in [6, 6.07) is 1.10. The van der Waals surface area contributed by atoms with Crippen LogP contribution in [0.3, 0.4) is 0 Å². The molecule has 1 rings (SSSR count). The minimum Gasteiger partial charge on any atom is -0.277 e. The SMILES string of the molecule is N#CC(=O)c1cc(F)c(F)c(F)c1F. The van der Waals surface area contributed by atoms with Gasteiger partial charge in [-0.2, -0.15) is 5.26 Å². The number of benzene rings is 1. The second-order valence-corrected chi connectivity index (χ2v) is 2.29. The van der Waals surface area contributed by atoms with Crippen LogP contribution in [-0.2, 0) is 0 Å². The molecule has 0 radical (unpaired) electrons. The molecule has 0 atom stereocenters. The van der Waals surface area contributed by atoms with E-state index in [0.29, 0.717) is 0 Å². The molecule has 0 unspecified atom stereocenters. The monoisotopic (exact) mass is 203 g/mol. The van der Waals surface area contributed by atoms with E-state index in [4.69, 9.17) is 5.26 Å². The standard InChI is InChI=1S/C8HF4NO/c9-4-1-3(5(14)2-13)6(10)8(12)7(4)11/h1H. The molecule has 72 valence electrons. The Balaban J connectivity index is 3.50. The zero-order chi connectivity index (χ0) is 10.9. The Labute approximate surface area is 75.4 Å². The average molecular weight is 203 g/mol. The lowest BCUT2D eigenvalue weighted by atomic mass is 10.1. The summed E-state index contributed by atoms with van der Waals surface area (Å²) in [6.07, 6.45) is 0. The molecule has 0 aliphatic heterocycles. The highest BCUT2D eigenvalue weighted by Crippen LogP contribution is 2.18. The van der Waals surface area contributed by atoms with Gasteiger partial charge in [0.25, 0.3) is 5.78 Å². The van der Waals surface area contributed by atoms with Gasteiger partial charge in [0.15, 0.2) is 23.3 Å². The third kappa shape index (κ3) is 1.44. The number of carbonyl (C=O) groups is 1. The van der Waals surface area contributed by atoms with Crippen LogP contribution < -0.4 is 0 Å². The van der Waals surface area contributed by atoms with Crippen molar-refractivity contribution in [3.63, 3.8) is 0 Å². The number of rotatable bonds is 1. The van der Waals surface area contributed by atoms with E-state index in [-0.39, 0.29) is 6.07 Å². The highest BCUT2D eigenvalue weighted by atomic mass is 19.2. The van der Waals surface area contributed by atoms with Gasteiger partial charge in [-0.05, 0) is 6.07 Å². The van der Waals surface area contributed by atoms with Crippen LogP contribution in [0.4, 0.5) is 17.6 Å². The van der Waals surface area contributed by atoms with Crippen LogP contribution in [0.15, 0.2) is 6.07 Å². The highest BCUT2D eigenvalue weighted by molar-refractivity contribution is 6.07. The summed E-state index contributed by atoms with van der Waals surface area (Å²) in [5.74, 6) is -9.18. The van der Waals surface area contributed by atoms with Gasteiger partial charge in [-0.3, -0.25) is 4.79 Å². The van der Waals surface area contributed by atoms with Gasteiger partial charge in [0.05, 0.1) is 5.56 Å². The summed E-state index contributed by atoms with van der Waals surface area (Å²) >= 11 is 0. The van der Waals surface area contributed by atoms with Crippen LogP contribution in [-0.4, -0.2) is 5.78 Å². The fourth-order valence-electron chi connectivity index (χ4n) is 0.798. The molecule has 14 heavy (non-hydrogen) atoms. The largest absolute Gasteiger partial charge is 0.277 e. The van der Waals surface area contributed by atoms with Gasteiger partial charge in [-0.25, -0.2) is 17.6 Å². The van der Waals surface area contributed by atoms with Crippen LogP contribution in [0, 0.1) is 34.6 Å². The van der Waals surface area contributed by atoms with E-state index < -0.39 is 34.6 Å². The molecule has 0 N–H and O–H groups in total. The van der Waals surface area contributed by atoms with Crippen molar-refractivity contribution in [3.8, 4) is 6.07 Å². The molecule has 1 aromatic rings. The van der Waals surface area contributed by atoms with Gasteiger partial charge in [0.1, 0.15) is 6.07 Å². The first kappa shape index (κ1) is 10.2. The molecule has 0 aliphatic rings. The van der Waals surface area contributed by atoms with Gasteiger partial charge in [-0.15, -0.1) is 0 Å². The number of nitriles is 1. The summed E-state index contributed by atoms with van der Waals surface area (Å²) in [4.78, 5) is 10.6. The molecule has 0 aromatic heterocycles. The zero-order valence-corrected chi connectivity index (χ0v) is 6.44. The molecule has 6 heteroatoms. The summed E-state index contributed by atoms with van der Waals surface area (Å²) in [5, 5.41) is 8.06. The smallest absolute Gasteiger partial charge is 0.265 e. The normalized spacial score (nSPS) is 9.64. The maximum Gasteiger partial charge on any atom is 0.265 e. The zero-order valence-electron chi connectivity index (χ0n) is 6.44. The van der Waals surface area contributed by atoms with Crippen LogP contribution in [0.2, 0.25) is 0 Å². The van der Waals surface area contributed by atoms with Gasteiger partial charge in [0.2, 0.25) is 0 Å².